The minimum Gasteiger partial charge on any atom is -0.452 e. The van der Waals surface area contributed by atoms with Gasteiger partial charge in [-0.2, -0.15) is 4.31 Å². The molecule has 3 amide bonds. The van der Waals surface area contributed by atoms with Gasteiger partial charge in [0.05, 0.1) is 10.5 Å². The topological polar surface area (TPSA) is 122 Å². The number of nitrogens with zero attached hydrogens (tertiary/aromatic N) is 1. The summed E-state index contributed by atoms with van der Waals surface area (Å²) in [6.07, 6.45) is 0.606. The summed E-state index contributed by atoms with van der Waals surface area (Å²) < 4.78 is 32.6. The molecular weight excluding hydrogens is 446 g/mol. The molecule has 0 aromatic heterocycles. The van der Waals surface area contributed by atoms with Gasteiger partial charge in [0.2, 0.25) is 10.0 Å². The third-order valence-corrected chi connectivity index (χ3v) is 6.72. The zero-order chi connectivity index (χ0) is 24.2. The van der Waals surface area contributed by atoms with Crippen LogP contribution in [-0.4, -0.2) is 49.3 Å². The van der Waals surface area contributed by atoms with Crippen molar-refractivity contribution in [1.82, 2.24) is 14.9 Å². The molecule has 10 heteroatoms. The first kappa shape index (κ1) is 24.4. The third-order valence-electron chi connectivity index (χ3n) is 4.88. The summed E-state index contributed by atoms with van der Waals surface area (Å²) in [6, 6.07) is 12.5. The van der Waals surface area contributed by atoms with Crippen LogP contribution in [0.2, 0.25) is 0 Å². The van der Waals surface area contributed by atoms with Crippen LogP contribution in [0, 0.1) is 0 Å². The van der Waals surface area contributed by atoms with Gasteiger partial charge in [-0.3, -0.25) is 10.1 Å². The molecule has 1 heterocycles. The predicted molar refractivity (Wildman–Crippen MR) is 121 cm³/mol. The summed E-state index contributed by atoms with van der Waals surface area (Å²) in [5.74, 6) is -1.68. The number of imide groups is 1. The average Bonchev–Trinajstić information content (AvgIpc) is 2.75. The first-order valence-corrected chi connectivity index (χ1v) is 11.9. The maximum Gasteiger partial charge on any atom is 0.338 e. The molecule has 1 aliphatic heterocycles. The van der Waals surface area contributed by atoms with Crippen LogP contribution in [0.15, 0.2) is 53.4 Å². The standard InChI is InChI=1S/C23H27N3O6S/c1-23(2,3)25-22(29)24-20(27)15-32-21(28)17-9-6-10-19(13-17)33(30,31)26-12-11-16-7-4-5-8-18(16)14-26/h4-10,13H,11-12,14-15H2,1-3H3,(H2,24,25,27,29). The smallest absolute Gasteiger partial charge is 0.338 e. The van der Waals surface area contributed by atoms with Gasteiger partial charge in [-0.15, -0.1) is 0 Å². The van der Waals surface area contributed by atoms with Gasteiger partial charge >= 0.3 is 12.0 Å². The molecule has 3 rings (SSSR count). The highest BCUT2D eigenvalue weighted by Gasteiger charge is 2.29. The van der Waals surface area contributed by atoms with E-state index in [0.717, 1.165) is 11.1 Å². The van der Waals surface area contributed by atoms with E-state index in [1.165, 1.54) is 28.6 Å². The molecule has 0 saturated carbocycles. The second-order valence-electron chi connectivity index (χ2n) is 8.71. The molecule has 33 heavy (non-hydrogen) atoms. The normalized spacial score (nSPS) is 14.2. The molecule has 176 valence electrons. The number of esters is 1. The minimum atomic E-state index is -3.83. The Hall–Kier alpha value is -3.24. The van der Waals surface area contributed by atoms with Crippen LogP contribution in [0.3, 0.4) is 0 Å². The Morgan fingerprint density at radius 3 is 2.42 bits per heavy atom. The number of hydrogen-bond donors (Lipinski definition) is 2. The SMILES string of the molecule is CC(C)(C)NC(=O)NC(=O)COC(=O)c1cccc(S(=O)(=O)N2CCc3ccccc3C2)c1. The van der Waals surface area contributed by atoms with Crippen molar-refractivity contribution in [1.29, 1.82) is 0 Å². The summed E-state index contributed by atoms with van der Waals surface area (Å²) in [7, 11) is -3.83. The number of fused-ring (bicyclic) bond motifs is 1. The van der Waals surface area contributed by atoms with E-state index in [4.69, 9.17) is 4.74 Å². The highest BCUT2D eigenvalue weighted by Crippen LogP contribution is 2.25. The van der Waals surface area contributed by atoms with Crippen LogP contribution in [0.5, 0.6) is 0 Å². The summed E-state index contributed by atoms with van der Waals surface area (Å²) in [6.45, 7) is 5.16. The lowest BCUT2D eigenvalue weighted by Gasteiger charge is -2.28. The second-order valence-corrected chi connectivity index (χ2v) is 10.7. The van der Waals surface area contributed by atoms with Crippen molar-refractivity contribution in [3.8, 4) is 0 Å². The van der Waals surface area contributed by atoms with Crippen molar-refractivity contribution in [3.63, 3.8) is 0 Å². The van der Waals surface area contributed by atoms with Gasteiger partial charge in [0.15, 0.2) is 6.61 Å². The number of carbonyl (C=O) groups excluding carboxylic acids is 3. The lowest BCUT2D eigenvalue weighted by atomic mass is 10.0. The molecule has 0 fully saturated rings. The zero-order valence-corrected chi connectivity index (χ0v) is 19.6. The lowest BCUT2D eigenvalue weighted by Crippen LogP contribution is -2.49. The number of ether oxygens (including phenoxy) is 1. The van der Waals surface area contributed by atoms with Gasteiger partial charge in [0, 0.05) is 18.6 Å². The fraction of sp³-hybridized carbons (Fsp3) is 0.348. The number of hydrogen-bond acceptors (Lipinski definition) is 6. The first-order chi connectivity index (χ1) is 15.5. The van der Waals surface area contributed by atoms with E-state index in [-0.39, 0.29) is 17.0 Å². The van der Waals surface area contributed by atoms with Gasteiger partial charge in [-0.1, -0.05) is 30.3 Å². The number of nitrogens with one attached hydrogen (secondary N) is 2. The Kier molecular flexibility index (Phi) is 7.19. The van der Waals surface area contributed by atoms with Crippen molar-refractivity contribution in [2.45, 2.75) is 44.2 Å². The van der Waals surface area contributed by atoms with E-state index in [9.17, 15) is 22.8 Å². The van der Waals surface area contributed by atoms with Crippen LogP contribution >= 0.6 is 0 Å². The first-order valence-electron chi connectivity index (χ1n) is 10.4. The molecule has 2 aromatic carbocycles. The van der Waals surface area contributed by atoms with Gasteiger partial charge < -0.3 is 10.1 Å². The summed E-state index contributed by atoms with van der Waals surface area (Å²) in [4.78, 5) is 35.9. The van der Waals surface area contributed by atoms with E-state index in [1.807, 2.05) is 24.3 Å². The molecule has 0 saturated heterocycles. The van der Waals surface area contributed by atoms with E-state index in [2.05, 4.69) is 10.6 Å². The number of rotatable bonds is 5. The Bertz CT molecular complexity index is 1170. The van der Waals surface area contributed by atoms with Crippen LogP contribution in [0.25, 0.3) is 0 Å². The van der Waals surface area contributed by atoms with Crippen LogP contribution in [0.1, 0.15) is 42.3 Å². The molecule has 2 aromatic rings. The molecule has 0 radical (unpaired) electrons. The summed E-state index contributed by atoms with van der Waals surface area (Å²) in [5, 5.41) is 4.61. The van der Waals surface area contributed by atoms with Gasteiger partial charge in [0.25, 0.3) is 5.91 Å². The van der Waals surface area contributed by atoms with E-state index in [0.29, 0.717) is 13.0 Å². The molecule has 0 aliphatic carbocycles. The highest BCUT2D eigenvalue weighted by atomic mass is 32.2. The van der Waals surface area contributed by atoms with Crippen molar-refractivity contribution in [2.75, 3.05) is 13.2 Å². The number of urea groups is 1. The lowest BCUT2D eigenvalue weighted by molar-refractivity contribution is -0.123. The van der Waals surface area contributed by atoms with Crippen molar-refractivity contribution >= 4 is 27.9 Å². The van der Waals surface area contributed by atoms with Gasteiger partial charge in [-0.25, -0.2) is 18.0 Å². The number of carbonyl (C=O) groups is 3. The molecule has 0 bridgehead atoms. The fourth-order valence-corrected chi connectivity index (χ4v) is 4.82. The molecular formula is C23H27N3O6S. The van der Waals surface area contributed by atoms with Gasteiger partial charge in [0.1, 0.15) is 0 Å². The Morgan fingerprint density at radius 1 is 1.03 bits per heavy atom. The van der Waals surface area contributed by atoms with Crippen molar-refractivity contribution in [2.24, 2.45) is 0 Å². The molecule has 9 nitrogen and oxygen atoms in total. The van der Waals surface area contributed by atoms with Crippen molar-refractivity contribution < 1.29 is 27.5 Å². The average molecular weight is 474 g/mol. The molecule has 0 unspecified atom stereocenters. The number of benzene rings is 2. The number of amides is 3. The Balaban J connectivity index is 1.64. The molecule has 0 spiro atoms. The maximum atomic E-state index is 13.1. The highest BCUT2D eigenvalue weighted by molar-refractivity contribution is 7.89. The van der Waals surface area contributed by atoms with Crippen molar-refractivity contribution in [3.05, 3.63) is 65.2 Å². The molecule has 1 aliphatic rings. The largest absolute Gasteiger partial charge is 0.452 e. The van der Waals surface area contributed by atoms with Crippen LogP contribution < -0.4 is 10.6 Å². The summed E-state index contributed by atoms with van der Waals surface area (Å²) >= 11 is 0. The molecule has 2 N–H and O–H groups in total. The minimum absolute atomic E-state index is 0.0135. The fourth-order valence-electron chi connectivity index (χ4n) is 3.36. The predicted octanol–water partition coefficient (Wildman–Crippen LogP) is 2.21. The summed E-state index contributed by atoms with van der Waals surface area (Å²) in [5.41, 5.74) is 1.52. The van der Waals surface area contributed by atoms with E-state index < -0.39 is 40.1 Å². The van der Waals surface area contributed by atoms with E-state index in [1.54, 1.807) is 20.8 Å². The zero-order valence-electron chi connectivity index (χ0n) is 18.8. The third kappa shape index (κ3) is 6.39. The second kappa shape index (κ2) is 9.72. The monoisotopic (exact) mass is 473 g/mol. The number of sulfonamides is 1. The van der Waals surface area contributed by atoms with Crippen LogP contribution in [0.4, 0.5) is 4.79 Å². The maximum absolute atomic E-state index is 13.1. The van der Waals surface area contributed by atoms with Gasteiger partial charge in [-0.05, 0) is 56.5 Å². The quantitative estimate of drug-likeness (QED) is 0.642. The van der Waals surface area contributed by atoms with Crippen LogP contribution in [-0.2, 0) is 32.5 Å². The molecule has 0 atom stereocenters. The van der Waals surface area contributed by atoms with E-state index >= 15 is 0 Å². The Labute approximate surface area is 193 Å². The Morgan fingerprint density at radius 2 is 1.73 bits per heavy atom.